The van der Waals surface area contributed by atoms with Crippen molar-refractivity contribution in [3.05, 3.63) is 41.9 Å². The smallest absolute Gasteiger partial charge is 0.306 e. The third-order valence-corrected chi connectivity index (χ3v) is 4.38. The number of esters is 1. The number of morpholine rings is 1. The van der Waals surface area contributed by atoms with Gasteiger partial charge in [-0.15, -0.1) is 0 Å². The monoisotopic (exact) mass is 372 g/mol. The van der Waals surface area contributed by atoms with Gasteiger partial charge in [0.15, 0.2) is 18.3 Å². The second-order valence-corrected chi connectivity index (χ2v) is 6.67. The van der Waals surface area contributed by atoms with Crippen LogP contribution in [0.15, 0.2) is 34.9 Å². The molecule has 1 aromatic heterocycles. The van der Waals surface area contributed by atoms with Gasteiger partial charge in [0, 0.05) is 25.1 Å². The van der Waals surface area contributed by atoms with E-state index in [4.69, 9.17) is 13.9 Å². The van der Waals surface area contributed by atoms with Gasteiger partial charge in [0.1, 0.15) is 0 Å². The van der Waals surface area contributed by atoms with Gasteiger partial charge in [-0.25, -0.2) is 4.98 Å². The van der Waals surface area contributed by atoms with Gasteiger partial charge in [0.25, 0.3) is 5.91 Å². The number of rotatable bonds is 6. The van der Waals surface area contributed by atoms with E-state index in [1.54, 1.807) is 11.1 Å². The fourth-order valence-electron chi connectivity index (χ4n) is 2.84. The van der Waals surface area contributed by atoms with Crippen LogP contribution in [0.2, 0.25) is 0 Å². The highest BCUT2D eigenvalue weighted by molar-refractivity contribution is 5.80. The number of oxazole rings is 1. The predicted octanol–water partition coefficient (Wildman–Crippen LogP) is 2.37. The first kappa shape index (κ1) is 19.1. The van der Waals surface area contributed by atoms with Gasteiger partial charge >= 0.3 is 5.97 Å². The molecule has 0 radical (unpaired) electrons. The highest BCUT2D eigenvalue weighted by atomic mass is 16.5. The Morgan fingerprint density at radius 2 is 2.07 bits per heavy atom. The van der Waals surface area contributed by atoms with E-state index in [9.17, 15) is 9.59 Å². The van der Waals surface area contributed by atoms with Crippen LogP contribution in [0, 0.1) is 6.92 Å². The van der Waals surface area contributed by atoms with E-state index in [-0.39, 0.29) is 25.0 Å². The van der Waals surface area contributed by atoms with Crippen molar-refractivity contribution < 1.29 is 23.5 Å². The summed E-state index contributed by atoms with van der Waals surface area (Å²) in [6.07, 6.45) is 2.09. The van der Waals surface area contributed by atoms with Crippen molar-refractivity contribution in [3.8, 4) is 11.3 Å². The molecule has 1 saturated heterocycles. The number of hydrogen-bond donors (Lipinski definition) is 0. The quantitative estimate of drug-likeness (QED) is 0.724. The molecular formula is C20H24N2O5. The summed E-state index contributed by atoms with van der Waals surface area (Å²) >= 11 is 0. The summed E-state index contributed by atoms with van der Waals surface area (Å²) in [5.74, 6) is 0.488. The van der Waals surface area contributed by atoms with Crippen LogP contribution in [0.25, 0.3) is 11.3 Å². The molecule has 1 aliphatic heterocycles. The largest absolute Gasteiger partial charge is 0.456 e. The first-order chi connectivity index (χ1) is 13.0. The average molecular weight is 372 g/mol. The van der Waals surface area contributed by atoms with Crippen LogP contribution in [0.1, 0.15) is 24.8 Å². The second-order valence-electron chi connectivity index (χ2n) is 6.67. The average Bonchev–Trinajstić information content (AvgIpc) is 3.14. The molecular weight excluding hydrogens is 348 g/mol. The molecule has 3 rings (SSSR count). The number of aryl methyl sites for hydroxylation is 2. The minimum absolute atomic E-state index is 0.00570. The van der Waals surface area contributed by atoms with E-state index in [1.807, 2.05) is 38.1 Å². The molecule has 0 N–H and O–H groups in total. The third kappa shape index (κ3) is 5.40. The zero-order valence-electron chi connectivity index (χ0n) is 15.6. The predicted molar refractivity (Wildman–Crippen MR) is 98.0 cm³/mol. The summed E-state index contributed by atoms with van der Waals surface area (Å²) < 4.78 is 16.2. The number of ether oxygens (including phenoxy) is 2. The lowest BCUT2D eigenvalue weighted by atomic mass is 10.1. The minimum atomic E-state index is -0.445. The molecule has 0 bridgehead atoms. The first-order valence-corrected chi connectivity index (χ1v) is 9.08. The Labute approximate surface area is 158 Å². The van der Waals surface area contributed by atoms with E-state index in [0.717, 1.165) is 5.56 Å². The lowest BCUT2D eigenvalue weighted by Crippen LogP contribution is -2.46. The first-order valence-electron chi connectivity index (χ1n) is 9.08. The lowest BCUT2D eigenvalue weighted by Gasteiger charge is -2.30. The van der Waals surface area contributed by atoms with Crippen LogP contribution >= 0.6 is 0 Å². The summed E-state index contributed by atoms with van der Waals surface area (Å²) in [4.78, 5) is 29.8. The van der Waals surface area contributed by atoms with Gasteiger partial charge in [0.05, 0.1) is 25.3 Å². The van der Waals surface area contributed by atoms with Gasteiger partial charge in [-0.2, -0.15) is 0 Å². The molecule has 0 aliphatic carbocycles. The Morgan fingerprint density at radius 3 is 2.81 bits per heavy atom. The highest BCUT2D eigenvalue weighted by Gasteiger charge is 2.22. The molecule has 0 saturated carbocycles. The zero-order valence-corrected chi connectivity index (χ0v) is 15.6. The van der Waals surface area contributed by atoms with E-state index in [2.05, 4.69) is 4.98 Å². The Kier molecular flexibility index (Phi) is 6.24. The van der Waals surface area contributed by atoms with Crippen LogP contribution in [0.3, 0.4) is 0 Å². The van der Waals surface area contributed by atoms with Crippen molar-refractivity contribution in [2.75, 3.05) is 26.3 Å². The molecule has 1 unspecified atom stereocenters. The van der Waals surface area contributed by atoms with Gasteiger partial charge in [-0.05, 0) is 13.8 Å². The van der Waals surface area contributed by atoms with E-state index < -0.39 is 5.97 Å². The normalized spacial score (nSPS) is 17.0. The van der Waals surface area contributed by atoms with Gasteiger partial charge in [-0.3, -0.25) is 9.59 Å². The van der Waals surface area contributed by atoms with Gasteiger partial charge < -0.3 is 18.8 Å². The summed E-state index contributed by atoms with van der Waals surface area (Å²) in [6.45, 7) is 5.24. The van der Waals surface area contributed by atoms with Crippen LogP contribution in [0.5, 0.6) is 0 Å². The molecule has 7 heteroatoms. The maximum atomic E-state index is 12.1. The van der Waals surface area contributed by atoms with Crippen LogP contribution < -0.4 is 0 Å². The molecule has 2 aromatic rings. The molecule has 1 aromatic carbocycles. The zero-order chi connectivity index (χ0) is 19.2. The standard InChI is InChI=1S/C20H24N2O5/c1-14-3-5-16(6-4-14)17-11-21-18(27-17)7-8-20(24)26-13-19(23)22-9-10-25-15(2)12-22/h3-6,11,15H,7-10,12-13H2,1-2H3. The summed E-state index contributed by atoms with van der Waals surface area (Å²) in [7, 11) is 0. The topological polar surface area (TPSA) is 81.9 Å². The van der Waals surface area contributed by atoms with Crippen molar-refractivity contribution in [1.29, 1.82) is 0 Å². The van der Waals surface area contributed by atoms with Crippen molar-refractivity contribution in [3.63, 3.8) is 0 Å². The van der Waals surface area contributed by atoms with Gasteiger partial charge in [0.2, 0.25) is 0 Å². The number of hydrogen-bond acceptors (Lipinski definition) is 6. The Balaban J connectivity index is 1.43. The maximum Gasteiger partial charge on any atom is 0.306 e. The van der Waals surface area contributed by atoms with Crippen molar-refractivity contribution in [2.45, 2.75) is 32.8 Å². The number of aromatic nitrogens is 1. The summed E-state index contributed by atoms with van der Waals surface area (Å²) in [5.41, 5.74) is 2.11. The molecule has 144 valence electrons. The number of amides is 1. The SMILES string of the molecule is Cc1ccc(-c2cnc(CCC(=O)OCC(=O)N3CCOC(C)C3)o2)cc1. The minimum Gasteiger partial charge on any atom is -0.456 e. The van der Waals surface area contributed by atoms with Gasteiger partial charge in [-0.1, -0.05) is 29.8 Å². The lowest BCUT2D eigenvalue weighted by molar-refractivity contribution is -0.154. The Hall–Kier alpha value is -2.67. The summed E-state index contributed by atoms with van der Waals surface area (Å²) in [6, 6.07) is 7.93. The molecule has 7 nitrogen and oxygen atoms in total. The Bertz CT molecular complexity index is 784. The van der Waals surface area contributed by atoms with Crippen molar-refractivity contribution in [2.24, 2.45) is 0 Å². The highest BCUT2D eigenvalue weighted by Crippen LogP contribution is 2.21. The molecule has 0 spiro atoms. The van der Waals surface area contributed by atoms with Crippen LogP contribution in [-0.4, -0.2) is 54.2 Å². The second kappa shape index (κ2) is 8.81. The molecule has 27 heavy (non-hydrogen) atoms. The molecule has 1 aliphatic rings. The van der Waals surface area contributed by atoms with E-state index in [0.29, 0.717) is 37.8 Å². The molecule has 2 heterocycles. The Morgan fingerprint density at radius 1 is 1.30 bits per heavy atom. The van der Waals surface area contributed by atoms with E-state index >= 15 is 0 Å². The third-order valence-electron chi connectivity index (χ3n) is 4.38. The summed E-state index contributed by atoms with van der Waals surface area (Å²) in [5, 5.41) is 0. The maximum absolute atomic E-state index is 12.1. The van der Waals surface area contributed by atoms with Crippen LogP contribution in [-0.2, 0) is 25.5 Å². The van der Waals surface area contributed by atoms with Crippen molar-refractivity contribution in [1.82, 2.24) is 9.88 Å². The number of benzene rings is 1. The number of nitrogens with zero attached hydrogens (tertiary/aromatic N) is 2. The fourth-order valence-corrected chi connectivity index (χ4v) is 2.84. The molecule has 1 fully saturated rings. The molecule has 1 atom stereocenters. The number of carbonyl (C=O) groups is 2. The van der Waals surface area contributed by atoms with Crippen molar-refractivity contribution >= 4 is 11.9 Å². The fraction of sp³-hybridized carbons (Fsp3) is 0.450. The molecule has 1 amide bonds. The van der Waals surface area contributed by atoms with E-state index in [1.165, 1.54) is 5.56 Å². The number of carbonyl (C=O) groups excluding carboxylic acids is 2. The van der Waals surface area contributed by atoms with Crippen LogP contribution in [0.4, 0.5) is 0 Å².